The number of amidine groups is 1. The van der Waals surface area contributed by atoms with Crippen LogP contribution in [0.2, 0.25) is 0 Å². The summed E-state index contributed by atoms with van der Waals surface area (Å²) in [7, 11) is 1.63. The van der Waals surface area contributed by atoms with E-state index < -0.39 is 5.97 Å². The van der Waals surface area contributed by atoms with Crippen LogP contribution in [0.4, 0.5) is 5.69 Å². The van der Waals surface area contributed by atoms with Gasteiger partial charge in [0, 0.05) is 7.05 Å². The first-order valence-electron chi connectivity index (χ1n) is 8.00. The number of amides is 1. The van der Waals surface area contributed by atoms with Crippen molar-refractivity contribution in [1.82, 2.24) is 4.90 Å². The molecule has 2 aromatic rings. The van der Waals surface area contributed by atoms with E-state index >= 15 is 0 Å². The summed E-state index contributed by atoms with van der Waals surface area (Å²) in [5, 5.41) is 9.57. The molecule has 0 aromatic heterocycles. The zero-order valence-electron chi connectivity index (χ0n) is 14.2. The Hall–Kier alpha value is -3.26. The van der Waals surface area contributed by atoms with E-state index in [-0.39, 0.29) is 18.3 Å². The van der Waals surface area contributed by atoms with Crippen LogP contribution in [0.15, 0.2) is 52.4 Å². The number of hydrogen-bond acceptors (Lipinski definition) is 6. The minimum atomic E-state index is -1.02. The fraction of sp³-hybridized carbons (Fsp3) is 0.105. The predicted molar refractivity (Wildman–Crippen MR) is 101 cm³/mol. The fourth-order valence-electron chi connectivity index (χ4n) is 2.62. The molecule has 2 aliphatic rings. The highest BCUT2D eigenvalue weighted by molar-refractivity contribution is 8.18. The quantitative estimate of drug-likeness (QED) is 0.819. The first-order chi connectivity index (χ1) is 13.0. The van der Waals surface area contributed by atoms with Gasteiger partial charge in [0.15, 0.2) is 16.7 Å². The van der Waals surface area contributed by atoms with E-state index in [4.69, 9.17) is 14.6 Å². The molecule has 8 heteroatoms. The molecule has 0 aliphatic carbocycles. The van der Waals surface area contributed by atoms with Crippen LogP contribution in [-0.4, -0.2) is 40.9 Å². The van der Waals surface area contributed by atoms with Gasteiger partial charge in [-0.05, 0) is 53.7 Å². The van der Waals surface area contributed by atoms with Gasteiger partial charge in [-0.15, -0.1) is 0 Å². The molecule has 2 aromatic carbocycles. The number of fused-ring (bicyclic) bond motifs is 1. The number of likely N-dealkylation sites (N-methyl/N-ethyl adjacent to an activating group) is 1. The summed E-state index contributed by atoms with van der Waals surface area (Å²) in [5.41, 5.74) is 1.43. The zero-order valence-corrected chi connectivity index (χ0v) is 15.0. The standard InChI is InChI=1S/C19H14N2O5S/c1-21-17(22)16(8-11-5-6-14-15(7-11)26-10-25-14)27-19(21)20-13-4-2-3-12(9-13)18(23)24/h2-9H,10H2,1H3,(H,23,24)/b16-8-,20-19?. The van der Waals surface area contributed by atoms with Crippen molar-refractivity contribution in [3.63, 3.8) is 0 Å². The van der Waals surface area contributed by atoms with Crippen LogP contribution in [0, 0.1) is 0 Å². The monoisotopic (exact) mass is 382 g/mol. The Morgan fingerprint density at radius 1 is 1.22 bits per heavy atom. The fourth-order valence-corrected chi connectivity index (χ4v) is 3.61. The maximum Gasteiger partial charge on any atom is 0.335 e. The average molecular weight is 382 g/mol. The van der Waals surface area contributed by atoms with Crippen LogP contribution in [0.3, 0.4) is 0 Å². The van der Waals surface area contributed by atoms with Crippen LogP contribution < -0.4 is 9.47 Å². The second kappa shape index (κ2) is 6.81. The molecule has 0 spiro atoms. The molecule has 1 N–H and O–H groups in total. The number of benzene rings is 2. The summed E-state index contributed by atoms with van der Waals surface area (Å²) in [6.45, 7) is 0.192. The summed E-state index contributed by atoms with van der Waals surface area (Å²) in [5.74, 6) is 0.127. The second-order valence-electron chi connectivity index (χ2n) is 5.84. The molecule has 136 valence electrons. The maximum atomic E-state index is 12.5. The van der Waals surface area contributed by atoms with Gasteiger partial charge in [-0.2, -0.15) is 0 Å². The molecule has 0 atom stereocenters. The van der Waals surface area contributed by atoms with Gasteiger partial charge in [0.2, 0.25) is 6.79 Å². The van der Waals surface area contributed by atoms with E-state index in [9.17, 15) is 9.59 Å². The summed E-state index contributed by atoms with van der Waals surface area (Å²) in [6, 6.07) is 11.7. The summed E-state index contributed by atoms with van der Waals surface area (Å²) >= 11 is 1.23. The topological polar surface area (TPSA) is 88.4 Å². The Bertz CT molecular complexity index is 1010. The minimum Gasteiger partial charge on any atom is -0.478 e. The number of thioether (sulfide) groups is 1. The summed E-state index contributed by atoms with van der Waals surface area (Å²) < 4.78 is 10.6. The van der Waals surface area contributed by atoms with Crippen molar-refractivity contribution >= 4 is 40.6 Å². The highest BCUT2D eigenvalue weighted by atomic mass is 32.2. The average Bonchev–Trinajstić information content (AvgIpc) is 3.22. The Kier molecular flexibility index (Phi) is 4.33. The number of carboxylic acids is 1. The van der Waals surface area contributed by atoms with Gasteiger partial charge in [-0.25, -0.2) is 9.79 Å². The highest BCUT2D eigenvalue weighted by Gasteiger charge is 2.30. The largest absolute Gasteiger partial charge is 0.478 e. The van der Waals surface area contributed by atoms with E-state index in [2.05, 4.69) is 4.99 Å². The van der Waals surface area contributed by atoms with E-state index in [1.165, 1.54) is 28.8 Å². The Morgan fingerprint density at radius 2 is 2.04 bits per heavy atom. The van der Waals surface area contributed by atoms with Crippen molar-refractivity contribution in [3.05, 3.63) is 58.5 Å². The Balaban J connectivity index is 1.62. The molecule has 1 saturated heterocycles. The lowest BCUT2D eigenvalue weighted by Gasteiger charge is -2.07. The molecule has 1 fully saturated rings. The van der Waals surface area contributed by atoms with Crippen molar-refractivity contribution in [3.8, 4) is 11.5 Å². The molecule has 0 radical (unpaired) electrons. The van der Waals surface area contributed by atoms with Crippen LogP contribution in [0.1, 0.15) is 15.9 Å². The Labute approximate surface area is 158 Å². The third-order valence-electron chi connectivity index (χ3n) is 4.02. The van der Waals surface area contributed by atoms with Gasteiger partial charge >= 0.3 is 5.97 Å². The molecule has 7 nitrogen and oxygen atoms in total. The summed E-state index contributed by atoms with van der Waals surface area (Å²) in [4.78, 5) is 30.0. The maximum absolute atomic E-state index is 12.5. The molecule has 4 rings (SSSR count). The normalized spacial score (nSPS) is 18.6. The number of ether oxygens (including phenoxy) is 2. The second-order valence-corrected chi connectivity index (χ2v) is 6.85. The van der Waals surface area contributed by atoms with E-state index in [0.29, 0.717) is 27.3 Å². The van der Waals surface area contributed by atoms with Gasteiger partial charge in [0.25, 0.3) is 5.91 Å². The van der Waals surface area contributed by atoms with Gasteiger partial charge in [-0.1, -0.05) is 12.1 Å². The molecule has 1 amide bonds. The van der Waals surface area contributed by atoms with E-state index in [1.54, 1.807) is 31.3 Å². The first-order valence-corrected chi connectivity index (χ1v) is 8.82. The van der Waals surface area contributed by atoms with Crippen molar-refractivity contribution in [2.45, 2.75) is 0 Å². The molecule has 0 unspecified atom stereocenters. The van der Waals surface area contributed by atoms with Gasteiger partial charge in [-0.3, -0.25) is 9.69 Å². The SMILES string of the molecule is CN1C(=O)/C(=C/c2ccc3c(c2)OCO3)SC1=Nc1cccc(C(=O)O)c1. The van der Waals surface area contributed by atoms with Gasteiger partial charge in [0.05, 0.1) is 16.2 Å². The number of rotatable bonds is 3. The van der Waals surface area contributed by atoms with Gasteiger partial charge in [0.1, 0.15) is 0 Å². The van der Waals surface area contributed by atoms with Crippen molar-refractivity contribution < 1.29 is 24.2 Å². The molecule has 27 heavy (non-hydrogen) atoms. The Morgan fingerprint density at radius 3 is 2.85 bits per heavy atom. The lowest BCUT2D eigenvalue weighted by atomic mass is 10.2. The van der Waals surface area contributed by atoms with Crippen LogP contribution in [0.25, 0.3) is 6.08 Å². The molecule has 0 saturated carbocycles. The van der Waals surface area contributed by atoms with Crippen LogP contribution >= 0.6 is 11.8 Å². The highest BCUT2D eigenvalue weighted by Crippen LogP contribution is 2.36. The molecular weight excluding hydrogens is 368 g/mol. The smallest absolute Gasteiger partial charge is 0.335 e. The van der Waals surface area contributed by atoms with Crippen molar-refractivity contribution in [2.24, 2.45) is 4.99 Å². The molecule has 0 bridgehead atoms. The number of carbonyl (C=O) groups is 2. The summed E-state index contributed by atoms with van der Waals surface area (Å²) in [6.07, 6.45) is 1.77. The lowest BCUT2D eigenvalue weighted by Crippen LogP contribution is -2.23. The first kappa shape index (κ1) is 17.2. The van der Waals surface area contributed by atoms with Gasteiger partial charge < -0.3 is 14.6 Å². The third-order valence-corrected chi connectivity index (χ3v) is 5.08. The molecule has 2 heterocycles. The number of aromatic carboxylic acids is 1. The number of nitrogens with zero attached hydrogens (tertiary/aromatic N) is 2. The van der Waals surface area contributed by atoms with E-state index in [1.807, 2.05) is 12.1 Å². The van der Waals surface area contributed by atoms with E-state index in [0.717, 1.165) is 5.56 Å². The van der Waals surface area contributed by atoms with Crippen LogP contribution in [-0.2, 0) is 4.79 Å². The zero-order chi connectivity index (χ0) is 19.0. The number of carboxylic acid groups (broad SMARTS) is 1. The van der Waals surface area contributed by atoms with Crippen LogP contribution in [0.5, 0.6) is 11.5 Å². The number of carbonyl (C=O) groups excluding carboxylic acids is 1. The number of aliphatic imine (C=N–C) groups is 1. The van der Waals surface area contributed by atoms with Crippen molar-refractivity contribution in [2.75, 3.05) is 13.8 Å². The predicted octanol–water partition coefficient (Wildman–Crippen LogP) is 3.35. The van der Waals surface area contributed by atoms with Crippen molar-refractivity contribution in [1.29, 1.82) is 0 Å². The molecule has 2 aliphatic heterocycles. The third kappa shape index (κ3) is 3.39. The molecular formula is C19H14N2O5S. The lowest BCUT2D eigenvalue weighted by molar-refractivity contribution is -0.121. The number of hydrogen-bond donors (Lipinski definition) is 1. The minimum absolute atomic E-state index is 0.143.